The molecule has 3 atom stereocenters. The van der Waals surface area contributed by atoms with E-state index in [4.69, 9.17) is 4.74 Å². The van der Waals surface area contributed by atoms with Crippen molar-refractivity contribution in [3.05, 3.63) is 0 Å². The number of likely N-dealkylation sites (tertiary alicyclic amines) is 1. The second-order valence-corrected chi connectivity index (χ2v) is 6.30. The number of rotatable bonds is 2. The van der Waals surface area contributed by atoms with Crippen LogP contribution in [0.15, 0.2) is 0 Å². The van der Waals surface area contributed by atoms with Gasteiger partial charge in [-0.3, -0.25) is 4.90 Å². The van der Waals surface area contributed by atoms with Crippen molar-refractivity contribution in [2.75, 3.05) is 32.8 Å². The molecule has 0 saturated carbocycles. The molecule has 0 radical (unpaired) electrons. The van der Waals surface area contributed by atoms with Gasteiger partial charge in [-0.15, -0.1) is 0 Å². The first-order chi connectivity index (χ1) is 8.93. The quantitative estimate of drug-likeness (QED) is 0.814. The molecule has 104 valence electrons. The van der Waals surface area contributed by atoms with Crippen molar-refractivity contribution in [1.29, 1.82) is 0 Å². The van der Waals surface area contributed by atoms with E-state index in [1.54, 1.807) is 0 Å². The molecule has 3 aliphatic heterocycles. The monoisotopic (exact) mass is 252 g/mol. The summed E-state index contributed by atoms with van der Waals surface area (Å²) in [7, 11) is 0. The van der Waals surface area contributed by atoms with E-state index in [0.29, 0.717) is 0 Å². The molecule has 3 rings (SSSR count). The fraction of sp³-hybridized carbons (Fsp3) is 1.00. The topological polar surface area (TPSA) is 24.5 Å². The standard InChI is InChI=1S/C15H28N2O/c1-6-15(16-8-1)13-4-2-9-17(12-13)14-5-3-10-18-11-7-14/h13-16H,1-12H2. The number of piperidine rings is 1. The molecule has 1 N–H and O–H groups in total. The number of hydrogen-bond donors (Lipinski definition) is 1. The Morgan fingerprint density at radius 1 is 0.944 bits per heavy atom. The third kappa shape index (κ3) is 3.06. The van der Waals surface area contributed by atoms with Gasteiger partial charge in [0.25, 0.3) is 0 Å². The van der Waals surface area contributed by atoms with Crippen LogP contribution >= 0.6 is 0 Å². The molecule has 18 heavy (non-hydrogen) atoms. The molecule has 3 unspecified atom stereocenters. The van der Waals surface area contributed by atoms with Gasteiger partial charge in [-0.2, -0.15) is 0 Å². The van der Waals surface area contributed by atoms with Crippen molar-refractivity contribution in [2.24, 2.45) is 5.92 Å². The van der Waals surface area contributed by atoms with Crippen LogP contribution in [0.5, 0.6) is 0 Å². The average Bonchev–Trinajstić information content (AvgIpc) is 2.82. The molecule has 3 heterocycles. The van der Waals surface area contributed by atoms with Gasteiger partial charge < -0.3 is 10.1 Å². The van der Waals surface area contributed by atoms with E-state index in [2.05, 4.69) is 10.2 Å². The van der Waals surface area contributed by atoms with E-state index in [0.717, 1.165) is 31.2 Å². The molecule has 0 spiro atoms. The summed E-state index contributed by atoms with van der Waals surface area (Å²) in [6.45, 7) is 5.88. The van der Waals surface area contributed by atoms with E-state index < -0.39 is 0 Å². The van der Waals surface area contributed by atoms with Crippen LogP contribution < -0.4 is 5.32 Å². The molecule has 3 saturated heterocycles. The molecular weight excluding hydrogens is 224 g/mol. The smallest absolute Gasteiger partial charge is 0.0480 e. The van der Waals surface area contributed by atoms with Crippen molar-refractivity contribution in [3.8, 4) is 0 Å². The van der Waals surface area contributed by atoms with Crippen molar-refractivity contribution in [3.63, 3.8) is 0 Å². The maximum atomic E-state index is 5.60. The number of nitrogens with zero attached hydrogens (tertiary/aromatic N) is 1. The first-order valence-electron chi connectivity index (χ1n) is 7.98. The Bertz CT molecular complexity index is 245. The van der Waals surface area contributed by atoms with Gasteiger partial charge in [0.05, 0.1) is 0 Å². The molecule has 3 heteroatoms. The molecule has 3 aliphatic rings. The Morgan fingerprint density at radius 3 is 2.83 bits per heavy atom. The van der Waals surface area contributed by atoms with Crippen LogP contribution in [-0.4, -0.2) is 49.8 Å². The molecule has 0 aromatic rings. The van der Waals surface area contributed by atoms with Crippen LogP contribution in [0.2, 0.25) is 0 Å². The van der Waals surface area contributed by atoms with Crippen LogP contribution in [0.1, 0.15) is 44.9 Å². The molecule has 0 aromatic heterocycles. The van der Waals surface area contributed by atoms with Gasteiger partial charge >= 0.3 is 0 Å². The minimum absolute atomic E-state index is 0.803. The SMILES string of the molecule is C1CNC(C2CCCN(C3CCCOCC3)C2)C1. The van der Waals surface area contributed by atoms with E-state index >= 15 is 0 Å². The van der Waals surface area contributed by atoms with Crippen molar-refractivity contribution >= 4 is 0 Å². The first-order valence-corrected chi connectivity index (χ1v) is 7.98. The van der Waals surface area contributed by atoms with Crippen LogP contribution in [-0.2, 0) is 4.74 Å². The molecule has 0 bridgehead atoms. The van der Waals surface area contributed by atoms with Crippen molar-refractivity contribution < 1.29 is 4.74 Å². The molecule has 0 aliphatic carbocycles. The zero-order chi connectivity index (χ0) is 12.2. The maximum Gasteiger partial charge on any atom is 0.0480 e. The van der Waals surface area contributed by atoms with Crippen LogP contribution in [0.3, 0.4) is 0 Å². The van der Waals surface area contributed by atoms with Gasteiger partial charge in [0.2, 0.25) is 0 Å². The third-order valence-corrected chi connectivity index (χ3v) is 5.09. The lowest BCUT2D eigenvalue weighted by atomic mass is 9.88. The lowest BCUT2D eigenvalue weighted by Gasteiger charge is -2.40. The number of ether oxygens (including phenoxy) is 1. The van der Waals surface area contributed by atoms with Gasteiger partial charge in [-0.25, -0.2) is 0 Å². The van der Waals surface area contributed by atoms with Crippen molar-refractivity contribution in [1.82, 2.24) is 10.2 Å². The Labute approximate surface area is 111 Å². The first kappa shape index (κ1) is 12.9. The van der Waals surface area contributed by atoms with E-state index in [-0.39, 0.29) is 0 Å². The molecular formula is C15H28N2O. The minimum Gasteiger partial charge on any atom is -0.381 e. The van der Waals surface area contributed by atoms with Gasteiger partial charge in [-0.1, -0.05) is 0 Å². The minimum atomic E-state index is 0.803. The fourth-order valence-electron chi connectivity index (χ4n) is 4.07. The highest BCUT2D eigenvalue weighted by Gasteiger charge is 2.31. The highest BCUT2D eigenvalue weighted by atomic mass is 16.5. The average molecular weight is 252 g/mol. The van der Waals surface area contributed by atoms with E-state index in [9.17, 15) is 0 Å². The lowest BCUT2D eigenvalue weighted by molar-refractivity contribution is 0.0896. The summed E-state index contributed by atoms with van der Waals surface area (Å²) < 4.78 is 5.60. The van der Waals surface area contributed by atoms with Crippen LogP contribution in [0, 0.1) is 5.92 Å². The fourth-order valence-corrected chi connectivity index (χ4v) is 4.07. The summed E-state index contributed by atoms with van der Waals surface area (Å²) in [5.41, 5.74) is 0. The predicted molar refractivity (Wildman–Crippen MR) is 73.8 cm³/mol. The zero-order valence-electron chi connectivity index (χ0n) is 11.6. The lowest BCUT2D eigenvalue weighted by Crippen LogP contribution is -2.47. The van der Waals surface area contributed by atoms with Gasteiger partial charge in [0.15, 0.2) is 0 Å². The number of hydrogen-bond acceptors (Lipinski definition) is 3. The van der Waals surface area contributed by atoms with Crippen LogP contribution in [0.4, 0.5) is 0 Å². The Morgan fingerprint density at radius 2 is 1.94 bits per heavy atom. The Balaban J connectivity index is 1.55. The van der Waals surface area contributed by atoms with Gasteiger partial charge in [-0.05, 0) is 64.0 Å². The van der Waals surface area contributed by atoms with Crippen molar-refractivity contribution in [2.45, 2.75) is 57.0 Å². The summed E-state index contributed by atoms with van der Waals surface area (Å²) in [5.74, 6) is 0.908. The highest BCUT2D eigenvalue weighted by molar-refractivity contribution is 4.88. The largest absolute Gasteiger partial charge is 0.381 e. The summed E-state index contributed by atoms with van der Waals surface area (Å²) >= 11 is 0. The van der Waals surface area contributed by atoms with Gasteiger partial charge in [0.1, 0.15) is 0 Å². The zero-order valence-corrected chi connectivity index (χ0v) is 11.6. The Kier molecular flexibility index (Phi) is 4.55. The second kappa shape index (κ2) is 6.36. The van der Waals surface area contributed by atoms with E-state index in [1.807, 2.05) is 0 Å². The highest BCUT2D eigenvalue weighted by Crippen LogP contribution is 2.28. The molecule has 0 amide bonds. The summed E-state index contributed by atoms with van der Waals surface area (Å²) in [4.78, 5) is 2.78. The Hall–Kier alpha value is -0.120. The summed E-state index contributed by atoms with van der Waals surface area (Å²) in [6.07, 6.45) is 9.51. The normalized spacial score (nSPS) is 39.7. The second-order valence-electron chi connectivity index (χ2n) is 6.30. The third-order valence-electron chi connectivity index (χ3n) is 5.09. The van der Waals surface area contributed by atoms with E-state index in [1.165, 1.54) is 64.6 Å². The molecule has 3 fully saturated rings. The number of nitrogens with one attached hydrogen (secondary N) is 1. The molecule has 3 nitrogen and oxygen atoms in total. The van der Waals surface area contributed by atoms with Crippen LogP contribution in [0.25, 0.3) is 0 Å². The summed E-state index contributed by atoms with van der Waals surface area (Å²) in [6, 6.07) is 1.62. The maximum absolute atomic E-state index is 5.60. The predicted octanol–water partition coefficient (Wildman–Crippen LogP) is 2.02. The van der Waals surface area contributed by atoms with Gasteiger partial charge in [0, 0.05) is 31.8 Å². The molecule has 0 aromatic carbocycles. The summed E-state index contributed by atoms with van der Waals surface area (Å²) in [5, 5.41) is 3.71.